The van der Waals surface area contributed by atoms with Crippen molar-refractivity contribution in [3.8, 4) is 0 Å². The number of anilines is 1. The number of aromatic nitrogens is 2. The zero-order chi connectivity index (χ0) is 15.9. The lowest BCUT2D eigenvalue weighted by Gasteiger charge is -2.08. The number of nitro groups is 1. The first-order valence-corrected chi connectivity index (χ1v) is 7.08. The molecule has 1 N–H and O–H groups in total. The van der Waals surface area contributed by atoms with Gasteiger partial charge in [0.15, 0.2) is 0 Å². The monoisotopic (exact) mass is 300 g/mol. The van der Waals surface area contributed by atoms with Gasteiger partial charge in [-0.05, 0) is 32.3 Å². The maximum Gasteiger partial charge on any atom is 0.273 e. The third-order valence-electron chi connectivity index (χ3n) is 3.97. The highest BCUT2D eigenvalue weighted by Gasteiger charge is 2.23. The van der Waals surface area contributed by atoms with Crippen LogP contribution in [0, 0.1) is 17.0 Å². The summed E-state index contributed by atoms with van der Waals surface area (Å²) in [6.45, 7) is 1.65. The van der Waals surface area contributed by atoms with Gasteiger partial charge in [0.1, 0.15) is 5.82 Å². The predicted octanol–water partition coefficient (Wildman–Crippen LogP) is 2.38. The van der Waals surface area contributed by atoms with Gasteiger partial charge in [0.25, 0.3) is 11.6 Å². The predicted molar refractivity (Wildman–Crippen MR) is 81.0 cm³/mol. The van der Waals surface area contributed by atoms with Gasteiger partial charge in [-0.15, -0.1) is 0 Å². The average molecular weight is 300 g/mol. The summed E-state index contributed by atoms with van der Waals surface area (Å²) < 4.78 is 1.66. The fraction of sp³-hybridized carbons (Fsp3) is 0.333. The lowest BCUT2D eigenvalue weighted by atomic mass is 10.1. The highest BCUT2D eigenvalue weighted by molar-refractivity contribution is 6.04. The molecule has 0 radical (unpaired) electrons. The third-order valence-corrected chi connectivity index (χ3v) is 3.97. The maximum absolute atomic E-state index is 12.4. The average Bonchev–Trinajstić information content (AvgIpc) is 3.02. The van der Waals surface area contributed by atoms with Crippen molar-refractivity contribution in [3.05, 3.63) is 50.7 Å². The normalized spacial score (nSPS) is 13.0. The zero-order valence-corrected chi connectivity index (χ0v) is 12.4. The van der Waals surface area contributed by atoms with E-state index in [-0.39, 0.29) is 17.2 Å². The number of carbonyl (C=O) groups excluding carboxylic acids is 1. The van der Waals surface area contributed by atoms with E-state index in [0.29, 0.717) is 11.4 Å². The maximum atomic E-state index is 12.4. The molecule has 0 saturated carbocycles. The fourth-order valence-electron chi connectivity index (χ4n) is 2.80. The molecule has 1 aliphatic rings. The van der Waals surface area contributed by atoms with Crippen molar-refractivity contribution in [2.45, 2.75) is 26.2 Å². The summed E-state index contributed by atoms with van der Waals surface area (Å²) in [6.07, 6.45) is 2.86. The summed E-state index contributed by atoms with van der Waals surface area (Å²) in [5.74, 6) is 0.321. The van der Waals surface area contributed by atoms with Gasteiger partial charge in [-0.25, -0.2) is 0 Å². The number of nitrogens with one attached hydrogen (secondary N) is 1. The van der Waals surface area contributed by atoms with Gasteiger partial charge in [0.05, 0.1) is 10.6 Å². The Bertz CT molecular complexity index is 779. The highest BCUT2D eigenvalue weighted by Crippen LogP contribution is 2.28. The second-order valence-corrected chi connectivity index (χ2v) is 5.46. The molecule has 1 heterocycles. The Morgan fingerprint density at radius 1 is 1.41 bits per heavy atom. The lowest BCUT2D eigenvalue weighted by Crippen LogP contribution is -2.16. The third kappa shape index (κ3) is 2.34. The molecule has 3 rings (SSSR count). The Labute approximate surface area is 127 Å². The molecule has 22 heavy (non-hydrogen) atoms. The Morgan fingerprint density at radius 3 is 2.91 bits per heavy atom. The van der Waals surface area contributed by atoms with Gasteiger partial charge in [-0.2, -0.15) is 5.10 Å². The molecule has 0 aliphatic heterocycles. The quantitative estimate of drug-likeness (QED) is 0.696. The van der Waals surface area contributed by atoms with Crippen LogP contribution in [-0.4, -0.2) is 20.6 Å². The minimum Gasteiger partial charge on any atom is -0.307 e. The molecule has 0 bridgehead atoms. The number of nitro benzene ring substituents is 1. The first-order valence-electron chi connectivity index (χ1n) is 7.08. The Morgan fingerprint density at radius 2 is 2.18 bits per heavy atom. The number of hydrogen-bond acceptors (Lipinski definition) is 4. The molecule has 1 amide bonds. The summed E-state index contributed by atoms with van der Waals surface area (Å²) in [6, 6.07) is 4.48. The van der Waals surface area contributed by atoms with Crippen LogP contribution in [0.25, 0.3) is 0 Å². The van der Waals surface area contributed by atoms with E-state index >= 15 is 0 Å². The Kier molecular flexibility index (Phi) is 3.40. The Hall–Kier alpha value is -2.70. The second-order valence-electron chi connectivity index (χ2n) is 5.46. The van der Waals surface area contributed by atoms with E-state index in [9.17, 15) is 14.9 Å². The number of amides is 1. The molecule has 1 aromatic carbocycles. The first kappa shape index (κ1) is 14.2. The molecular weight excluding hydrogens is 284 g/mol. The standard InChI is InChI=1S/C15H16N4O3/c1-9-6-7-10(8-13(9)19(21)22)15(20)16-14-11-4-3-5-12(11)17-18(14)2/h6-8H,3-5H2,1-2H3,(H,16,20). The van der Waals surface area contributed by atoms with Gasteiger partial charge in [-0.3, -0.25) is 19.6 Å². The molecular formula is C15H16N4O3. The van der Waals surface area contributed by atoms with Gasteiger partial charge in [0, 0.05) is 29.8 Å². The van der Waals surface area contributed by atoms with E-state index in [2.05, 4.69) is 10.4 Å². The van der Waals surface area contributed by atoms with Crippen LogP contribution in [-0.2, 0) is 19.9 Å². The highest BCUT2D eigenvalue weighted by atomic mass is 16.6. The van der Waals surface area contributed by atoms with E-state index in [1.807, 2.05) is 0 Å². The van der Waals surface area contributed by atoms with Gasteiger partial charge >= 0.3 is 0 Å². The molecule has 0 spiro atoms. The van der Waals surface area contributed by atoms with Gasteiger partial charge < -0.3 is 5.32 Å². The van der Waals surface area contributed by atoms with Crippen LogP contribution >= 0.6 is 0 Å². The van der Waals surface area contributed by atoms with Crippen LogP contribution in [0.4, 0.5) is 11.5 Å². The summed E-state index contributed by atoms with van der Waals surface area (Å²) in [7, 11) is 1.78. The fourth-order valence-corrected chi connectivity index (χ4v) is 2.80. The topological polar surface area (TPSA) is 90.1 Å². The number of nitrogens with zero attached hydrogens (tertiary/aromatic N) is 3. The molecule has 0 saturated heterocycles. The summed E-state index contributed by atoms with van der Waals surface area (Å²) >= 11 is 0. The minimum atomic E-state index is -0.478. The van der Waals surface area contributed by atoms with Crippen LogP contribution in [0.2, 0.25) is 0 Å². The molecule has 114 valence electrons. The molecule has 7 heteroatoms. The van der Waals surface area contributed by atoms with Crippen molar-refractivity contribution >= 4 is 17.4 Å². The van der Waals surface area contributed by atoms with Crippen LogP contribution in [0.15, 0.2) is 18.2 Å². The lowest BCUT2D eigenvalue weighted by molar-refractivity contribution is -0.385. The summed E-state index contributed by atoms with van der Waals surface area (Å²) in [5, 5.41) is 18.2. The first-order chi connectivity index (χ1) is 10.5. The van der Waals surface area contributed by atoms with E-state index < -0.39 is 4.92 Å². The largest absolute Gasteiger partial charge is 0.307 e. The van der Waals surface area contributed by atoms with Crippen molar-refractivity contribution in [2.24, 2.45) is 7.05 Å². The second kappa shape index (κ2) is 5.25. The van der Waals surface area contributed by atoms with Crippen molar-refractivity contribution < 1.29 is 9.72 Å². The van der Waals surface area contributed by atoms with Gasteiger partial charge in [-0.1, -0.05) is 6.07 Å². The molecule has 1 aliphatic carbocycles. The molecule has 1 aromatic heterocycles. The van der Waals surface area contributed by atoms with Crippen LogP contribution < -0.4 is 5.32 Å². The van der Waals surface area contributed by atoms with Crippen molar-refractivity contribution in [1.29, 1.82) is 0 Å². The molecule has 7 nitrogen and oxygen atoms in total. The number of rotatable bonds is 3. The summed E-state index contributed by atoms with van der Waals surface area (Å²) in [5.41, 5.74) is 2.83. The van der Waals surface area contributed by atoms with Crippen LogP contribution in [0.5, 0.6) is 0 Å². The van der Waals surface area contributed by atoms with Crippen LogP contribution in [0.1, 0.15) is 33.6 Å². The van der Waals surface area contributed by atoms with Crippen molar-refractivity contribution in [3.63, 3.8) is 0 Å². The SMILES string of the molecule is Cc1ccc(C(=O)Nc2c3c(nn2C)CCC3)cc1[N+](=O)[O-]. The van der Waals surface area contributed by atoms with Crippen molar-refractivity contribution in [1.82, 2.24) is 9.78 Å². The number of aryl methyl sites for hydroxylation is 3. The number of benzene rings is 1. The van der Waals surface area contributed by atoms with Gasteiger partial charge in [0.2, 0.25) is 0 Å². The zero-order valence-electron chi connectivity index (χ0n) is 12.4. The number of hydrogen-bond donors (Lipinski definition) is 1. The summed E-state index contributed by atoms with van der Waals surface area (Å²) in [4.78, 5) is 22.9. The van der Waals surface area contributed by atoms with E-state index in [1.54, 1.807) is 30.8 Å². The van der Waals surface area contributed by atoms with Crippen molar-refractivity contribution in [2.75, 3.05) is 5.32 Å². The smallest absolute Gasteiger partial charge is 0.273 e. The minimum absolute atomic E-state index is 0.0529. The molecule has 2 aromatic rings. The Balaban J connectivity index is 1.90. The number of fused-ring (bicyclic) bond motifs is 1. The van der Waals surface area contributed by atoms with E-state index in [4.69, 9.17) is 0 Å². The van der Waals surface area contributed by atoms with E-state index in [1.165, 1.54) is 6.07 Å². The molecule has 0 fully saturated rings. The van der Waals surface area contributed by atoms with E-state index in [0.717, 1.165) is 30.5 Å². The number of carbonyl (C=O) groups is 1. The van der Waals surface area contributed by atoms with Crippen LogP contribution in [0.3, 0.4) is 0 Å². The molecule has 0 atom stereocenters. The molecule has 0 unspecified atom stereocenters.